The van der Waals surface area contributed by atoms with Crippen LogP contribution in [-0.4, -0.2) is 4.98 Å². The van der Waals surface area contributed by atoms with Crippen LogP contribution >= 0.6 is 11.6 Å². The summed E-state index contributed by atoms with van der Waals surface area (Å²) >= 11 is 6.34. The molecule has 0 spiro atoms. The van der Waals surface area contributed by atoms with Crippen molar-refractivity contribution in [3.05, 3.63) is 59.6 Å². The number of hydrogen-bond acceptors (Lipinski definition) is 0. The Kier molecular flexibility index (Phi) is 1.94. The summed E-state index contributed by atoms with van der Waals surface area (Å²) < 4.78 is 0. The van der Waals surface area contributed by atoms with Crippen LogP contribution in [0, 0.1) is 0 Å². The zero-order valence-electron chi connectivity index (χ0n) is 9.57. The van der Waals surface area contributed by atoms with Gasteiger partial charge in [0.15, 0.2) is 0 Å². The lowest BCUT2D eigenvalue weighted by Gasteiger charge is -2.02. The third-order valence-electron chi connectivity index (χ3n) is 3.46. The van der Waals surface area contributed by atoms with E-state index in [4.69, 9.17) is 11.6 Å². The second kappa shape index (κ2) is 3.50. The van der Waals surface area contributed by atoms with Gasteiger partial charge in [-0.1, -0.05) is 54.1 Å². The maximum atomic E-state index is 6.34. The van der Waals surface area contributed by atoms with Crippen LogP contribution in [0.3, 0.4) is 0 Å². The van der Waals surface area contributed by atoms with Crippen LogP contribution in [0.4, 0.5) is 0 Å². The molecule has 1 aromatic heterocycles. The molecular formula is C16H10ClN. The summed E-state index contributed by atoms with van der Waals surface area (Å²) in [6.45, 7) is 0. The van der Waals surface area contributed by atoms with Crippen LogP contribution in [0.2, 0.25) is 5.02 Å². The van der Waals surface area contributed by atoms with Gasteiger partial charge >= 0.3 is 0 Å². The third kappa shape index (κ3) is 1.22. The van der Waals surface area contributed by atoms with Gasteiger partial charge in [0.1, 0.15) is 0 Å². The molecule has 1 nitrogen and oxygen atoms in total. The van der Waals surface area contributed by atoms with E-state index in [1.54, 1.807) is 0 Å². The molecule has 1 N–H and O–H groups in total. The zero-order valence-corrected chi connectivity index (χ0v) is 10.3. The highest BCUT2D eigenvalue weighted by Gasteiger charge is 2.09. The first-order valence-corrected chi connectivity index (χ1v) is 6.30. The Morgan fingerprint density at radius 3 is 2.22 bits per heavy atom. The summed E-state index contributed by atoms with van der Waals surface area (Å²) in [6, 6.07) is 18.6. The fourth-order valence-corrected chi connectivity index (χ4v) is 2.95. The van der Waals surface area contributed by atoms with Gasteiger partial charge in [0.05, 0.1) is 5.02 Å². The fraction of sp³-hybridized carbons (Fsp3) is 0. The molecular weight excluding hydrogens is 242 g/mol. The quantitative estimate of drug-likeness (QED) is 0.446. The fourth-order valence-electron chi connectivity index (χ4n) is 2.68. The number of aromatic amines is 1. The van der Waals surface area contributed by atoms with Gasteiger partial charge in [0, 0.05) is 27.2 Å². The standard InChI is InChI=1S/C16H10ClN/c17-13-9-15-16(11-6-2-1-5-10(11)13)12-7-3-4-8-14(12)18-15/h1-9,18H. The Balaban J connectivity index is 2.39. The third-order valence-corrected chi connectivity index (χ3v) is 3.77. The number of halogens is 1. The molecule has 0 aliphatic carbocycles. The highest BCUT2D eigenvalue weighted by atomic mass is 35.5. The van der Waals surface area contributed by atoms with Gasteiger partial charge in [-0.15, -0.1) is 0 Å². The van der Waals surface area contributed by atoms with E-state index in [0.717, 1.165) is 21.4 Å². The maximum Gasteiger partial charge on any atom is 0.0505 e. The zero-order chi connectivity index (χ0) is 12.1. The van der Waals surface area contributed by atoms with E-state index in [9.17, 15) is 0 Å². The second-order valence-electron chi connectivity index (χ2n) is 4.50. The molecule has 86 valence electrons. The molecule has 3 aromatic carbocycles. The SMILES string of the molecule is Clc1cc2[nH]c3ccccc3c2c2ccccc12. The Labute approximate surface area is 109 Å². The van der Waals surface area contributed by atoms with Crippen molar-refractivity contribution >= 4 is 44.2 Å². The monoisotopic (exact) mass is 251 g/mol. The minimum absolute atomic E-state index is 0.796. The number of fused-ring (bicyclic) bond motifs is 5. The molecule has 0 aliphatic rings. The summed E-state index contributed by atoms with van der Waals surface area (Å²) in [4.78, 5) is 3.43. The predicted molar refractivity (Wildman–Crippen MR) is 78.3 cm³/mol. The molecule has 0 bridgehead atoms. The van der Waals surface area contributed by atoms with Gasteiger partial charge in [0.2, 0.25) is 0 Å². The molecule has 0 aliphatic heterocycles. The first-order valence-electron chi connectivity index (χ1n) is 5.92. The van der Waals surface area contributed by atoms with E-state index >= 15 is 0 Å². The summed E-state index contributed by atoms with van der Waals surface area (Å²) in [6.07, 6.45) is 0. The molecule has 0 saturated heterocycles. The van der Waals surface area contributed by atoms with Crippen molar-refractivity contribution in [3.8, 4) is 0 Å². The molecule has 0 fully saturated rings. The Morgan fingerprint density at radius 2 is 1.39 bits per heavy atom. The van der Waals surface area contributed by atoms with Crippen molar-refractivity contribution in [1.29, 1.82) is 0 Å². The average molecular weight is 252 g/mol. The summed E-state index contributed by atoms with van der Waals surface area (Å²) in [7, 11) is 0. The molecule has 4 rings (SSSR count). The Hall–Kier alpha value is -1.99. The van der Waals surface area contributed by atoms with Gasteiger partial charge in [-0.3, -0.25) is 0 Å². The number of rotatable bonds is 0. The predicted octanol–water partition coefficient (Wildman–Crippen LogP) is 5.13. The van der Waals surface area contributed by atoms with Crippen LogP contribution in [0.15, 0.2) is 54.6 Å². The van der Waals surface area contributed by atoms with Crippen molar-refractivity contribution in [2.24, 2.45) is 0 Å². The molecule has 18 heavy (non-hydrogen) atoms. The number of H-pyrrole nitrogens is 1. The minimum atomic E-state index is 0.796. The van der Waals surface area contributed by atoms with E-state index in [0.29, 0.717) is 0 Å². The minimum Gasteiger partial charge on any atom is -0.354 e. The second-order valence-corrected chi connectivity index (χ2v) is 4.90. The molecule has 1 heterocycles. The van der Waals surface area contributed by atoms with Gasteiger partial charge in [-0.05, 0) is 17.5 Å². The normalized spacial score (nSPS) is 11.6. The summed E-state index contributed by atoms with van der Waals surface area (Å²) in [5, 5.41) is 5.62. The number of para-hydroxylation sites is 1. The molecule has 0 atom stereocenters. The van der Waals surface area contributed by atoms with Gasteiger partial charge in [0.25, 0.3) is 0 Å². The van der Waals surface area contributed by atoms with Crippen molar-refractivity contribution in [2.45, 2.75) is 0 Å². The first kappa shape index (κ1) is 9.98. The number of aromatic nitrogens is 1. The average Bonchev–Trinajstić information content (AvgIpc) is 2.77. The Bertz CT molecular complexity index is 889. The Morgan fingerprint density at radius 1 is 0.722 bits per heavy atom. The number of benzene rings is 3. The molecule has 0 amide bonds. The number of nitrogens with one attached hydrogen (secondary N) is 1. The van der Waals surface area contributed by atoms with E-state index in [2.05, 4.69) is 41.4 Å². The number of hydrogen-bond donors (Lipinski definition) is 1. The molecule has 0 radical (unpaired) electrons. The lowest BCUT2D eigenvalue weighted by Crippen LogP contribution is -1.76. The highest BCUT2D eigenvalue weighted by Crippen LogP contribution is 2.35. The van der Waals surface area contributed by atoms with E-state index < -0.39 is 0 Å². The summed E-state index contributed by atoms with van der Waals surface area (Å²) in [5.74, 6) is 0. The maximum absolute atomic E-state index is 6.34. The van der Waals surface area contributed by atoms with Crippen molar-refractivity contribution in [2.75, 3.05) is 0 Å². The van der Waals surface area contributed by atoms with Crippen LogP contribution in [0.1, 0.15) is 0 Å². The largest absolute Gasteiger partial charge is 0.354 e. The molecule has 0 unspecified atom stereocenters. The van der Waals surface area contributed by atoms with E-state index in [1.807, 2.05) is 18.2 Å². The molecule has 2 heteroatoms. The lowest BCUT2D eigenvalue weighted by atomic mass is 10.0. The smallest absolute Gasteiger partial charge is 0.0505 e. The topological polar surface area (TPSA) is 15.8 Å². The van der Waals surface area contributed by atoms with E-state index in [1.165, 1.54) is 16.2 Å². The first-order chi connectivity index (χ1) is 8.84. The van der Waals surface area contributed by atoms with E-state index in [-0.39, 0.29) is 0 Å². The summed E-state index contributed by atoms with van der Waals surface area (Å²) in [5.41, 5.74) is 2.25. The highest BCUT2D eigenvalue weighted by molar-refractivity contribution is 6.38. The lowest BCUT2D eigenvalue weighted by molar-refractivity contribution is 1.55. The van der Waals surface area contributed by atoms with Gasteiger partial charge < -0.3 is 4.98 Å². The van der Waals surface area contributed by atoms with Crippen molar-refractivity contribution in [1.82, 2.24) is 4.98 Å². The van der Waals surface area contributed by atoms with Gasteiger partial charge in [-0.2, -0.15) is 0 Å². The molecule has 4 aromatic rings. The molecule has 0 saturated carbocycles. The van der Waals surface area contributed by atoms with Crippen LogP contribution < -0.4 is 0 Å². The van der Waals surface area contributed by atoms with Gasteiger partial charge in [-0.25, -0.2) is 0 Å². The van der Waals surface area contributed by atoms with Crippen molar-refractivity contribution < 1.29 is 0 Å². The van der Waals surface area contributed by atoms with Crippen LogP contribution in [0.25, 0.3) is 32.6 Å². The van der Waals surface area contributed by atoms with Crippen LogP contribution in [-0.2, 0) is 0 Å². The van der Waals surface area contributed by atoms with Crippen molar-refractivity contribution in [3.63, 3.8) is 0 Å². The van der Waals surface area contributed by atoms with Crippen LogP contribution in [0.5, 0.6) is 0 Å².